The van der Waals surface area contributed by atoms with Gasteiger partial charge in [0, 0.05) is 24.2 Å². The Kier molecular flexibility index (Phi) is 3.50. The molecule has 2 aromatic rings. The molecule has 0 radical (unpaired) electrons. The Bertz CT molecular complexity index is 558. The number of amides is 1. The molecule has 0 saturated heterocycles. The molecule has 0 unspecified atom stereocenters. The van der Waals surface area contributed by atoms with Crippen molar-refractivity contribution < 1.29 is 9.53 Å². The molecule has 1 amide bonds. The van der Waals surface area contributed by atoms with Crippen molar-refractivity contribution in [2.24, 2.45) is 0 Å². The average molecular weight is 260 g/mol. The lowest BCUT2D eigenvalue weighted by molar-refractivity contribution is 0.0635. The molecule has 2 heterocycles. The summed E-state index contributed by atoms with van der Waals surface area (Å²) in [5.74, 6) is 1.14. The molecule has 6 nitrogen and oxygen atoms in total. The Balaban J connectivity index is 2.10. The maximum Gasteiger partial charge on any atom is 0.413 e. The number of anilines is 1. The number of carbonyl (C=O) groups excluding carboxylic acids is 1. The molecule has 0 fully saturated rings. The number of pyridine rings is 1. The quantitative estimate of drug-likeness (QED) is 0.870. The van der Waals surface area contributed by atoms with Crippen molar-refractivity contribution in [2.75, 3.05) is 5.32 Å². The molecule has 0 aliphatic rings. The van der Waals surface area contributed by atoms with Gasteiger partial charge in [-0.25, -0.2) is 14.8 Å². The Labute approximate surface area is 111 Å². The normalized spacial score (nSPS) is 11.1. The van der Waals surface area contributed by atoms with Gasteiger partial charge in [-0.2, -0.15) is 0 Å². The first kappa shape index (κ1) is 13.1. The molecule has 0 saturated carbocycles. The van der Waals surface area contributed by atoms with Gasteiger partial charge in [0.15, 0.2) is 0 Å². The number of hydrogen-bond acceptors (Lipinski definition) is 4. The van der Waals surface area contributed by atoms with Gasteiger partial charge in [0.25, 0.3) is 0 Å². The number of imidazole rings is 1. The van der Waals surface area contributed by atoms with Gasteiger partial charge in [0.1, 0.15) is 17.2 Å². The minimum absolute atomic E-state index is 0.420. The highest BCUT2D eigenvalue weighted by atomic mass is 16.6. The summed E-state index contributed by atoms with van der Waals surface area (Å²) in [5, 5.41) is 2.59. The van der Waals surface area contributed by atoms with E-state index in [0.29, 0.717) is 5.82 Å². The molecule has 0 aromatic carbocycles. The Morgan fingerprint density at radius 2 is 2.11 bits per heavy atom. The van der Waals surface area contributed by atoms with Gasteiger partial charge in [-0.3, -0.25) is 5.32 Å². The molecule has 0 aliphatic carbocycles. The van der Waals surface area contributed by atoms with Crippen molar-refractivity contribution in [3.63, 3.8) is 0 Å². The second kappa shape index (κ2) is 5.09. The summed E-state index contributed by atoms with van der Waals surface area (Å²) in [4.78, 5) is 22.8. The van der Waals surface area contributed by atoms with Crippen LogP contribution in [0.3, 0.4) is 0 Å². The van der Waals surface area contributed by atoms with Crippen molar-refractivity contribution in [3.05, 3.63) is 30.7 Å². The second-order valence-electron chi connectivity index (χ2n) is 4.99. The minimum atomic E-state index is -0.539. The van der Waals surface area contributed by atoms with Crippen LogP contribution in [0.5, 0.6) is 0 Å². The van der Waals surface area contributed by atoms with E-state index < -0.39 is 11.7 Å². The third-order valence-electron chi connectivity index (χ3n) is 2.16. The maximum atomic E-state index is 11.6. The van der Waals surface area contributed by atoms with Crippen LogP contribution in [-0.2, 0) is 4.74 Å². The summed E-state index contributed by atoms with van der Waals surface area (Å²) >= 11 is 0. The fraction of sp³-hybridized carbons (Fsp3) is 0.308. The van der Waals surface area contributed by atoms with Crippen LogP contribution in [0.15, 0.2) is 30.7 Å². The van der Waals surface area contributed by atoms with Gasteiger partial charge in [0.2, 0.25) is 0 Å². The molecular formula is C13H16N4O2. The zero-order valence-electron chi connectivity index (χ0n) is 11.1. The lowest BCUT2D eigenvalue weighted by Gasteiger charge is -2.19. The predicted molar refractivity (Wildman–Crippen MR) is 71.7 cm³/mol. The van der Waals surface area contributed by atoms with Gasteiger partial charge >= 0.3 is 6.09 Å². The molecule has 2 rings (SSSR count). The number of nitrogens with zero attached hydrogens (tertiary/aromatic N) is 2. The van der Waals surface area contributed by atoms with Crippen LogP contribution in [0.2, 0.25) is 0 Å². The van der Waals surface area contributed by atoms with Crippen molar-refractivity contribution in [3.8, 4) is 11.4 Å². The highest BCUT2D eigenvalue weighted by molar-refractivity contribution is 5.84. The third kappa shape index (κ3) is 3.80. The van der Waals surface area contributed by atoms with Crippen LogP contribution in [0.4, 0.5) is 10.6 Å². The maximum absolute atomic E-state index is 11.6. The molecule has 0 aliphatic heterocycles. The van der Waals surface area contributed by atoms with Gasteiger partial charge in [-0.1, -0.05) is 0 Å². The van der Waals surface area contributed by atoms with E-state index >= 15 is 0 Å². The number of ether oxygens (including phenoxy) is 1. The molecule has 19 heavy (non-hydrogen) atoms. The number of hydrogen-bond donors (Lipinski definition) is 2. The predicted octanol–water partition coefficient (Wildman–Crippen LogP) is 2.82. The molecule has 2 N–H and O–H groups in total. The lowest BCUT2D eigenvalue weighted by Crippen LogP contribution is -2.27. The first-order valence-corrected chi connectivity index (χ1v) is 5.90. The first-order valence-electron chi connectivity index (χ1n) is 5.90. The minimum Gasteiger partial charge on any atom is -0.444 e. The van der Waals surface area contributed by atoms with Crippen molar-refractivity contribution >= 4 is 11.9 Å². The summed E-state index contributed by atoms with van der Waals surface area (Å²) in [6.07, 6.45) is 4.47. The van der Waals surface area contributed by atoms with Gasteiger partial charge in [0.05, 0.1) is 0 Å². The Morgan fingerprint density at radius 3 is 2.74 bits per heavy atom. The molecule has 0 atom stereocenters. The van der Waals surface area contributed by atoms with E-state index in [1.807, 2.05) is 0 Å². The van der Waals surface area contributed by atoms with E-state index in [0.717, 1.165) is 11.4 Å². The fourth-order valence-electron chi connectivity index (χ4n) is 1.48. The van der Waals surface area contributed by atoms with Crippen LogP contribution >= 0.6 is 0 Å². The summed E-state index contributed by atoms with van der Waals surface area (Å²) in [7, 11) is 0. The van der Waals surface area contributed by atoms with Crippen LogP contribution in [0.1, 0.15) is 20.8 Å². The number of aromatic nitrogens is 3. The topological polar surface area (TPSA) is 79.9 Å². The second-order valence-corrected chi connectivity index (χ2v) is 4.99. The average Bonchev–Trinajstić information content (AvgIpc) is 2.79. The molecule has 0 spiro atoms. The molecule has 0 bridgehead atoms. The largest absolute Gasteiger partial charge is 0.444 e. The van der Waals surface area contributed by atoms with E-state index in [1.54, 1.807) is 51.5 Å². The highest BCUT2D eigenvalue weighted by Gasteiger charge is 2.16. The first-order chi connectivity index (χ1) is 8.94. The summed E-state index contributed by atoms with van der Waals surface area (Å²) in [5.41, 5.74) is 0.300. The lowest BCUT2D eigenvalue weighted by atomic mass is 10.2. The number of aromatic amines is 1. The van der Waals surface area contributed by atoms with Gasteiger partial charge in [-0.05, 0) is 32.9 Å². The van der Waals surface area contributed by atoms with E-state index in [4.69, 9.17) is 4.74 Å². The Morgan fingerprint density at radius 1 is 1.32 bits per heavy atom. The van der Waals surface area contributed by atoms with Crippen LogP contribution in [0, 0.1) is 0 Å². The Hall–Kier alpha value is -2.37. The van der Waals surface area contributed by atoms with Crippen molar-refractivity contribution in [2.45, 2.75) is 26.4 Å². The van der Waals surface area contributed by atoms with Crippen LogP contribution in [0.25, 0.3) is 11.4 Å². The monoisotopic (exact) mass is 260 g/mol. The van der Waals surface area contributed by atoms with Gasteiger partial charge in [-0.15, -0.1) is 0 Å². The molecular weight excluding hydrogens is 244 g/mol. The fourth-order valence-corrected chi connectivity index (χ4v) is 1.48. The number of carbonyl (C=O) groups is 1. The van der Waals surface area contributed by atoms with Crippen LogP contribution in [-0.4, -0.2) is 26.6 Å². The number of H-pyrrole nitrogens is 1. The molecule has 6 heteroatoms. The highest BCUT2D eigenvalue weighted by Crippen LogP contribution is 2.17. The van der Waals surface area contributed by atoms with E-state index in [-0.39, 0.29) is 0 Å². The van der Waals surface area contributed by atoms with E-state index in [1.165, 1.54) is 0 Å². The third-order valence-corrected chi connectivity index (χ3v) is 2.16. The van der Waals surface area contributed by atoms with Crippen molar-refractivity contribution in [1.82, 2.24) is 15.0 Å². The van der Waals surface area contributed by atoms with E-state index in [9.17, 15) is 4.79 Å². The molecule has 100 valence electrons. The van der Waals surface area contributed by atoms with Crippen LogP contribution < -0.4 is 5.32 Å². The SMILES string of the molecule is CC(C)(C)OC(=O)Nc1cc(-c2ncc[nH]2)ccn1. The van der Waals surface area contributed by atoms with Gasteiger partial charge < -0.3 is 9.72 Å². The summed E-state index contributed by atoms with van der Waals surface area (Å²) in [6.45, 7) is 5.41. The van der Waals surface area contributed by atoms with E-state index in [2.05, 4.69) is 20.3 Å². The summed E-state index contributed by atoms with van der Waals surface area (Å²) in [6, 6.07) is 3.53. The zero-order valence-corrected chi connectivity index (χ0v) is 11.1. The van der Waals surface area contributed by atoms with Crippen molar-refractivity contribution in [1.29, 1.82) is 0 Å². The number of rotatable bonds is 2. The summed E-state index contributed by atoms with van der Waals surface area (Å²) < 4.78 is 5.16. The molecule has 2 aromatic heterocycles. The smallest absolute Gasteiger partial charge is 0.413 e. The zero-order chi connectivity index (χ0) is 13.9. The number of nitrogens with one attached hydrogen (secondary N) is 2. The standard InChI is InChI=1S/C13H16N4O2/c1-13(2,3)19-12(18)17-10-8-9(4-5-14-10)11-15-6-7-16-11/h4-8H,1-3H3,(H,15,16)(H,14,17,18).